The molecule has 1 heterocycles. The molecule has 0 amide bonds. The van der Waals surface area contributed by atoms with E-state index in [1.807, 2.05) is 78.9 Å². The Balaban J connectivity index is 1.81. The minimum atomic E-state index is 0.422. The van der Waals surface area contributed by atoms with Crippen molar-refractivity contribution in [1.29, 1.82) is 0 Å². The van der Waals surface area contributed by atoms with Crippen LogP contribution in [-0.2, 0) is 0 Å². The maximum absolute atomic E-state index is 5.30. The van der Waals surface area contributed by atoms with Gasteiger partial charge in [0.2, 0.25) is 0 Å². The molecule has 3 aromatic rings. The molecule has 0 saturated heterocycles. The molecule has 0 aliphatic carbocycles. The lowest BCUT2D eigenvalue weighted by Crippen LogP contribution is -2.25. The zero-order valence-corrected chi connectivity index (χ0v) is 13.7. The van der Waals surface area contributed by atoms with Crippen molar-refractivity contribution in [3.8, 4) is 0 Å². The number of nitrogens with zero attached hydrogens (tertiary/aromatic N) is 2. The molecule has 4 nitrogen and oxygen atoms in total. The number of nitrogens with one attached hydrogen (secondary N) is 2. The van der Waals surface area contributed by atoms with Crippen molar-refractivity contribution in [3.05, 3.63) is 96.3 Å². The van der Waals surface area contributed by atoms with Crippen molar-refractivity contribution in [2.75, 3.05) is 5.32 Å². The number of rotatable bonds is 4. The molecule has 0 aliphatic heterocycles. The second kappa shape index (κ2) is 7.99. The minimum absolute atomic E-state index is 0.422. The van der Waals surface area contributed by atoms with Gasteiger partial charge in [-0.05, 0) is 36.5 Å². The third kappa shape index (κ3) is 4.24. The summed E-state index contributed by atoms with van der Waals surface area (Å²) in [5, 5.41) is 7.98. The first kappa shape index (κ1) is 15.8. The van der Waals surface area contributed by atoms with Crippen molar-refractivity contribution in [2.45, 2.75) is 0 Å². The first-order valence-corrected chi connectivity index (χ1v) is 7.90. The summed E-state index contributed by atoms with van der Waals surface area (Å²) in [6.07, 6.45) is 1.74. The Kier molecular flexibility index (Phi) is 5.27. The predicted octanol–water partition coefficient (Wildman–Crippen LogP) is 3.82. The summed E-state index contributed by atoms with van der Waals surface area (Å²) >= 11 is 5.30. The summed E-state index contributed by atoms with van der Waals surface area (Å²) in [6.45, 7) is 0. The van der Waals surface area contributed by atoms with E-state index in [2.05, 4.69) is 20.8 Å². The van der Waals surface area contributed by atoms with E-state index in [0.717, 1.165) is 22.7 Å². The highest BCUT2D eigenvalue weighted by atomic mass is 32.1. The SMILES string of the molecule is S=C(N/N=C(\c1ccccc1)c1ccccn1)Nc1ccccc1. The minimum Gasteiger partial charge on any atom is -0.331 e. The molecule has 0 unspecified atom stereocenters. The Bertz CT molecular complexity index is 776. The van der Waals surface area contributed by atoms with Crippen LogP contribution in [0.2, 0.25) is 0 Å². The average molecular weight is 332 g/mol. The number of aromatic nitrogens is 1. The summed E-state index contributed by atoms with van der Waals surface area (Å²) in [5.74, 6) is 0. The van der Waals surface area contributed by atoms with Gasteiger partial charge in [0.25, 0.3) is 0 Å². The molecular weight excluding hydrogens is 316 g/mol. The van der Waals surface area contributed by atoms with E-state index >= 15 is 0 Å². The van der Waals surface area contributed by atoms with Crippen LogP contribution in [0.15, 0.2) is 90.2 Å². The van der Waals surface area contributed by atoms with Crippen molar-refractivity contribution >= 4 is 28.7 Å². The third-order valence-electron chi connectivity index (χ3n) is 3.26. The molecule has 118 valence electrons. The Morgan fingerprint density at radius 2 is 1.50 bits per heavy atom. The second-order valence-corrected chi connectivity index (χ2v) is 5.38. The van der Waals surface area contributed by atoms with E-state index in [1.165, 1.54) is 0 Å². The van der Waals surface area contributed by atoms with Crippen LogP contribution in [0.3, 0.4) is 0 Å². The lowest BCUT2D eigenvalue weighted by molar-refractivity contribution is 1.04. The van der Waals surface area contributed by atoms with Crippen LogP contribution in [0.5, 0.6) is 0 Å². The molecule has 2 N–H and O–H groups in total. The van der Waals surface area contributed by atoms with Crippen LogP contribution in [0.1, 0.15) is 11.3 Å². The highest BCUT2D eigenvalue weighted by Crippen LogP contribution is 2.09. The normalized spacial score (nSPS) is 10.9. The topological polar surface area (TPSA) is 49.3 Å². The molecule has 5 heteroatoms. The fourth-order valence-electron chi connectivity index (χ4n) is 2.16. The van der Waals surface area contributed by atoms with Crippen molar-refractivity contribution in [3.63, 3.8) is 0 Å². The van der Waals surface area contributed by atoms with Gasteiger partial charge in [0.05, 0.1) is 5.69 Å². The third-order valence-corrected chi connectivity index (χ3v) is 3.45. The standard InChI is InChI=1S/C19H16N4S/c24-19(21-16-11-5-2-6-12-16)23-22-18(15-9-3-1-4-10-15)17-13-7-8-14-20-17/h1-14H,(H2,21,23,24)/b22-18+. The fourth-order valence-corrected chi connectivity index (χ4v) is 2.32. The lowest BCUT2D eigenvalue weighted by atomic mass is 10.1. The smallest absolute Gasteiger partial charge is 0.191 e. The molecule has 0 fully saturated rings. The summed E-state index contributed by atoms with van der Waals surface area (Å²) in [6, 6.07) is 25.3. The molecule has 0 atom stereocenters. The van der Waals surface area contributed by atoms with E-state index in [1.54, 1.807) is 6.20 Å². The van der Waals surface area contributed by atoms with Gasteiger partial charge in [0.1, 0.15) is 5.71 Å². The predicted molar refractivity (Wildman–Crippen MR) is 102 cm³/mol. The van der Waals surface area contributed by atoms with Gasteiger partial charge in [-0.15, -0.1) is 0 Å². The molecule has 0 spiro atoms. The molecule has 0 saturated carbocycles. The van der Waals surface area contributed by atoms with Gasteiger partial charge in [-0.2, -0.15) is 5.10 Å². The number of para-hydroxylation sites is 1. The lowest BCUT2D eigenvalue weighted by Gasteiger charge is -2.10. The first-order chi connectivity index (χ1) is 11.8. The summed E-state index contributed by atoms with van der Waals surface area (Å²) in [4.78, 5) is 4.38. The molecule has 1 aromatic heterocycles. The van der Waals surface area contributed by atoms with Crippen LogP contribution >= 0.6 is 12.2 Å². The van der Waals surface area contributed by atoms with E-state index < -0.39 is 0 Å². The number of anilines is 1. The van der Waals surface area contributed by atoms with Crippen LogP contribution in [-0.4, -0.2) is 15.8 Å². The number of benzene rings is 2. The van der Waals surface area contributed by atoms with E-state index in [9.17, 15) is 0 Å². The zero-order valence-electron chi connectivity index (χ0n) is 12.9. The van der Waals surface area contributed by atoms with E-state index in [-0.39, 0.29) is 0 Å². The second-order valence-electron chi connectivity index (χ2n) is 4.97. The van der Waals surface area contributed by atoms with Crippen LogP contribution in [0, 0.1) is 0 Å². The van der Waals surface area contributed by atoms with Crippen molar-refractivity contribution in [1.82, 2.24) is 10.4 Å². The maximum Gasteiger partial charge on any atom is 0.191 e. The number of hydrazone groups is 1. The van der Waals surface area contributed by atoms with Gasteiger partial charge in [-0.25, -0.2) is 0 Å². The highest BCUT2D eigenvalue weighted by Gasteiger charge is 2.08. The molecule has 3 rings (SSSR count). The van der Waals surface area contributed by atoms with Gasteiger partial charge in [-0.3, -0.25) is 10.4 Å². The van der Waals surface area contributed by atoms with Gasteiger partial charge >= 0.3 is 0 Å². The molecule has 0 bridgehead atoms. The van der Waals surface area contributed by atoms with Gasteiger partial charge < -0.3 is 5.32 Å². The van der Waals surface area contributed by atoms with Crippen LogP contribution in [0.4, 0.5) is 5.69 Å². The fraction of sp³-hybridized carbons (Fsp3) is 0. The van der Waals surface area contributed by atoms with E-state index in [0.29, 0.717) is 5.11 Å². The van der Waals surface area contributed by atoms with Gasteiger partial charge in [0, 0.05) is 17.4 Å². The van der Waals surface area contributed by atoms with Gasteiger partial charge in [0.15, 0.2) is 5.11 Å². The Morgan fingerprint density at radius 3 is 2.17 bits per heavy atom. The molecule has 0 radical (unpaired) electrons. The van der Waals surface area contributed by atoms with E-state index in [4.69, 9.17) is 12.2 Å². The van der Waals surface area contributed by atoms with Crippen molar-refractivity contribution < 1.29 is 0 Å². The highest BCUT2D eigenvalue weighted by molar-refractivity contribution is 7.80. The molecule has 2 aromatic carbocycles. The number of pyridine rings is 1. The van der Waals surface area contributed by atoms with Crippen LogP contribution in [0.25, 0.3) is 0 Å². The zero-order chi connectivity index (χ0) is 16.6. The molecule has 0 aliphatic rings. The summed E-state index contributed by atoms with van der Waals surface area (Å²) in [5.41, 5.74) is 6.27. The monoisotopic (exact) mass is 332 g/mol. The Hall–Kier alpha value is -3.05. The number of hydrogen-bond acceptors (Lipinski definition) is 3. The number of hydrogen-bond donors (Lipinski definition) is 2. The summed E-state index contributed by atoms with van der Waals surface area (Å²) < 4.78 is 0. The average Bonchev–Trinajstić information content (AvgIpc) is 2.64. The Labute approximate surface area is 146 Å². The summed E-state index contributed by atoms with van der Waals surface area (Å²) in [7, 11) is 0. The van der Waals surface area contributed by atoms with Gasteiger partial charge in [-0.1, -0.05) is 54.6 Å². The van der Waals surface area contributed by atoms with Crippen molar-refractivity contribution in [2.24, 2.45) is 5.10 Å². The largest absolute Gasteiger partial charge is 0.331 e. The molecule has 24 heavy (non-hydrogen) atoms. The molecular formula is C19H16N4S. The number of thiocarbonyl (C=S) groups is 1. The first-order valence-electron chi connectivity index (χ1n) is 7.49. The maximum atomic E-state index is 5.30. The van der Waals surface area contributed by atoms with Crippen LogP contribution < -0.4 is 10.7 Å². The quantitative estimate of drug-likeness (QED) is 0.433. The Morgan fingerprint density at radius 1 is 0.833 bits per heavy atom.